The number of carbonyl (C=O) groups excluding carboxylic acids is 1. The maximum Gasteiger partial charge on any atom is 0.320 e. The van der Waals surface area contributed by atoms with E-state index >= 15 is 0 Å². The normalized spacial score (nSPS) is 13.6. The van der Waals surface area contributed by atoms with Crippen molar-refractivity contribution in [2.24, 2.45) is 5.41 Å². The highest BCUT2D eigenvalue weighted by Crippen LogP contribution is 2.41. The largest absolute Gasteiger partial charge is 0.547 e. The molecule has 0 spiro atoms. The molecule has 0 saturated carbocycles. The van der Waals surface area contributed by atoms with Gasteiger partial charge in [0, 0.05) is 10.8 Å². The van der Waals surface area contributed by atoms with E-state index in [1.807, 2.05) is 76.2 Å². The lowest BCUT2D eigenvalue weighted by Crippen LogP contribution is -2.52. The minimum Gasteiger partial charge on any atom is -0.547 e. The molecule has 1 atom stereocenters. The van der Waals surface area contributed by atoms with Gasteiger partial charge in [0.05, 0.1) is 0 Å². The third-order valence-corrected chi connectivity index (χ3v) is 10.5. The van der Waals surface area contributed by atoms with Crippen molar-refractivity contribution in [3.8, 4) is 23.0 Å². The quantitative estimate of drug-likeness (QED) is 0.0951. The maximum absolute atomic E-state index is 13.7. The average molecular weight is 639 g/mol. The minimum atomic E-state index is -1.15. The van der Waals surface area contributed by atoms with Crippen molar-refractivity contribution in [1.29, 1.82) is 0 Å². The summed E-state index contributed by atoms with van der Waals surface area (Å²) < 4.78 is 18.5. The zero-order valence-electron chi connectivity index (χ0n) is 29.1. The lowest BCUT2D eigenvalue weighted by molar-refractivity contribution is -0.157. The van der Waals surface area contributed by atoms with Crippen molar-refractivity contribution in [1.82, 2.24) is 0 Å². The summed E-state index contributed by atoms with van der Waals surface area (Å²) in [6.45, 7) is 20.8. The van der Waals surface area contributed by atoms with Crippen LogP contribution in [0.1, 0.15) is 84.1 Å². The fraction of sp³-hybridized carbons (Fsp3) is 0.375. The Balaban J connectivity index is 1.46. The first-order valence-electron chi connectivity index (χ1n) is 16.2. The molecule has 0 heterocycles. The minimum absolute atomic E-state index is 0.210. The van der Waals surface area contributed by atoms with Crippen molar-refractivity contribution in [2.45, 2.75) is 91.3 Å². The molecular weight excluding hydrogens is 589 g/mol. The van der Waals surface area contributed by atoms with Gasteiger partial charge in [-0.25, -0.2) is 0 Å². The molecule has 4 aromatic carbocycles. The number of rotatable bonds is 12. The Morgan fingerprint density at radius 1 is 0.609 bits per heavy atom. The molecule has 0 bridgehead atoms. The number of phenolic OH excluding ortho intramolecular Hbond substituents is 1. The molecule has 244 valence electrons. The van der Waals surface area contributed by atoms with Gasteiger partial charge >= 0.3 is 5.97 Å². The zero-order valence-corrected chi connectivity index (χ0v) is 30.3. The van der Waals surface area contributed by atoms with Crippen LogP contribution >= 0.6 is 0 Å². The van der Waals surface area contributed by atoms with Crippen LogP contribution in [-0.4, -0.2) is 25.7 Å². The highest BCUT2D eigenvalue weighted by Gasteiger charge is 2.49. The van der Waals surface area contributed by atoms with Gasteiger partial charge in [0.15, 0.2) is 0 Å². The van der Waals surface area contributed by atoms with E-state index in [2.05, 4.69) is 77.2 Å². The molecule has 5 nitrogen and oxygen atoms in total. The van der Waals surface area contributed by atoms with E-state index < -0.39 is 20.1 Å². The predicted octanol–water partition coefficient (Wildman–Crippen LogP) is 9.59. The standard InChI is InChI=1S/C40H50O5Si/c1-11-40(8,44-34-24-16-30(17-25-34)38(4,5)31-18-26-35(27-19-31)45-46(9)10)39(6,7)36(42)43-33-22-14-29(15-23-33)37(2,3)28-12-20-32(41)21-13-28/h12-27,41,46H,11H2,1-10H3. The summed E-state index contributed by atoms with van der Waals surface area (Å²) in [6.07, 6.45) is 0.607. The Morgan fingerprint density at radius 3 is 1.37 bits per heavy atom. The Kier molecular flexibility index (Phi) is 10.1. The van der Waals surface area contributed by atoms with Gasteiger partial charge in [0.2, 0.25) is 9.04 Å². The molecule has 0 aliphatic carbocycles. The van der Waals surface area contributed by atoms with E-state index in [-0.39, 0.29) is 22.5 Å². The first kappa shape index (κ1) is 34.8. The predicted molar refractivity (Wildman–Crippen MR) is 190 cm³/mol. The average Bonchev–Trinajstić information content (AvgIpc) is 3.01. The molecule has 46 heavy (non-hydrogen) atoms. The second-order valence-corrected chi connectivity index (χ2v) is 16.6. The molecule has 4 rings (SSSR count). The molecule has 1 unspecified atom stereocenters. The second kappa shape index (κ2) is 13.4. The van der Waals surface area contributed by atoms with E-state index in [1.165, 1.54) is 11.1 Å². The Hall–Kier alpha value is -4.03. The summed E-state index contributed by atoms with van der Waals surface area (Å²) >= 11 is 0. The van der Waals surface area contributed by atoms with E-state index in [0.29, 0.717) is 17.9 Å². The third kappa shape index (κ3) is 7.33. The molecule has 0 amide bonds. The molecule has 0 fully saturated rings. The van der Waals surface area contributed by atoms with Crippen LogP contribution in [0.15, 0.2) is 97.1 Å². The molecule has 0 radical (unpaired) electrons. The van der Waals surface area contributed by atoms with Gasteiger partial charge < -0.3 is 19.0 Å². The van der Waals surface area contributed by atoms with Gasteiger partial charge in [0.1, 0.15) is 34.0 Å². The van der Waals surface area contributed by atoms with Crippen molar-refractivity contribution in [3.63, 3.8) is 0 Å². The van der Waals surface area contributed by atoms with Gasteiger partial charge in [-0.3, -0.25) is 4.79 Å². The van der Waals surface area contributed by atoms with Crippen LogP contribution in [0.4, 0.5) is 0 Å². The molecule has 0 saturated heterocycles. The summed E-state index contributed by atoms with van der Waals surface area (Å²) in [5.41, 5.74) is 2.25. The molecule has 1 N–H and O–H groups in total. The number of hydrogen-bond donors (Lipinski definition) is 1. The molecular formula is C40H50O5Si. The van der Waals surface area contributed by atoms with Crippen LogP contribution in [-0.2, 0) is 15.6 Å². The molecule has 0 aliphatic heterocycles. The van der Waals surface area contributed by atoms with Crippen LogP contribution in [0.3, 0.4) is 0 Å². The number of carbonyl (C=O) groups is 1. The summed E-state index contributed by atoms with van der Waals surface area (Å²) in [6, 6.07) is 31.5. The highest BCUT2D eigenvalue weighted by molar-refractivity contribution is 6.49. The highest BCUT2D eigenvalue weighted by atomic mass is 28.3. The van der Waals surface area contributed by atoms with E-state index in [9.17, 15) is 9.90 Å². The van der Waals surface area contributed by atoms with Crippen molar-refractivity contribution in [2.75, 3.05) is 0 Å². The Labute approximate surface area is 277 Å². The number of phenols is 1. The zero-order chi connectivity index (χ0) is 33.9. The summed E-state index contributed by atoms with van der Waals surface area (Å²) in [5.74, 6) is 2.00. The number of esters is 1. The van der Waals surface area contributed by atoms with Gasteiger partial charge in [-0.05, 0) is 111 Å². The Bertz CT molecular complexity index is 1600. The number of hydrogen-bond acceptors (Lipinski definition) is 5. The van der Waals surface area contributed by atoms with Crippen LogP contribution in [0.2, 0.25) is 13.1 Å². The first-order chi connectivity index (χ1) is 21.5. The molecule has 0 aromatic heterocycles. The van der Waals surface area contributed by atoms with Crippen LogP contribution in [0.25, 0.3) is 0 Å². The molecule has 4 aromatic rings. The topological polar surface area (TPSA) is 65.0 Å². The summed E-state index contributed by atoms with van der Waals surface area (Å²) in [4.78, 5) is 13.7. The van der Waals surface area contributed by atoms with Crippen LogP contribution in [0.5, 0.6) is 23.0 Å². The van der Waals surface area contributed by atoms with E-state index in [4.69, 9.17) is 13.9 Å². The van der Waals surface area contributed by atoms with Gasteiger partial charge in [0.25, 0.3) is 0 Å². The number of benzene rings is 4. The number of aromatic hydroxyl groups is 1. The molecule has 0 aliphatic rings. The van der Waals surface area contributed by atoms with Crippen molar-refractivity contribution in [3.05, 3.63) is 119 Å². The first-order valence-corrected chi connectivity index (χ1v) is 19.0. The van der Waals surface area contributed by atoms with Gasteiger partial charge in [-0.15, -0.1) is 0 Å². The lowest BCUT2D eigenvalue weighted by Gasteiger charge is -2.41. The maximum atomic E-state index is 13.7. The van der Waals surface area contributed by atoms with Gasteiger partial charge in [-0.2, -0.15) is 0 Å². The SMILES string of the molecule is CCC(C)(Oc1ccc(C(C)(C)c2ccc(O[SiH](C)C)cc2)cc1)C(C)(C)C(=O)Oc1ccc(C(C)(C)c2ccc(O)cc2)cc1. The Morgan fingerprint density at radius 2 is 0.978 bits per heavy atom. The third-order valence-electron chi connectivity index (χ3n) is 9.75. The lowest BCUT2D eigenvalue weighted by atomic mass is 9.74. The van der Waals surface area contributed by atoms with E-state index in [0.717, 1.165) is 16.9 Å². The molecule has 6 heteroatoms. The summed E-state index contributed by atoms with van der Waals surface area (Å²) in [5, 5.41) is 9.68. The monoisotopic (exact) mass is 638 g/mol. The van der Waals surface area contributed by atoms with Crippen LogP contribution < -0.4 is 13.9 Å². The van der Waals surface area contributed by atoms with Crippen molar-refractivity contribution >= 4 is 15.0 Å². The smallest absolute Gasteiger partial charge is 0.320 e. The summed E-state index contributed by atoms with van der Waals surface area (Å²) in [7, 11) is -1.15. The van der Waals surface area contributed by atoms with Crippen LogP contribution in [0, 0.1) is 5.41 Å². The number of ether oxygens (including phenoxy) is 2. The second-order valence-electron chi connectivity index (χ2n) is 14.2. The van der Waals surface area contributed by atoms with Gasteiger partial charge in [-0.1, -0.05) is 83.1 Å². The fourth-order valence-corrected chi connectivity index (χ4v) is 6.37. The van der Waals surface area contributed by atoms with Crippen molar-refractivity contribution < 1.29 is 23.8 Å². The fourth-order valence-electron chi connectivity index (χ4n) is 5.67. The van der Waals surface area contributed by atoms with E-state index in [1.54, 1.807) is 12.1 Å².